The summed E-state index contributed by atoms with van der Waals surface area (Å²) < 4.78 is 5.47. The lowest BCUT2D eigenvalue weighted by molar-refractivity contribution is -0.385. The van der Waals surface area contributed by atoms with Gasteiger partial charge in [0, 0.05) is 24.3 Å². The van der Waals surface area contributed by atoms with Crippen molar-refractivity contribution in [2.24, 2.45) is 5.92 Å². The highest BCUT2D eigenvalue weighted by Gasteiger charge is 2.60. The second-order valence-electron chi connectivity index (χ2n) is 9.71. The number of nitro groups is 2. The molecule has 2 fully saturated rings. The van der Waals surface area contributed by atoms with Gasteiger partial charge in [0.25, 0.3) is 17.3 Å². The van der Waals surface area contributed by atoms with Crippen molar-refractivity contribution in [2.45, 2.75) is 12.1 Å². The van der Waals surface area contributed by atoms with E-state index in [2.05, 4.69) is 0 Å². The van der Waals surface area contributed by atoms with E-state index in [9.17, 15) is 34.6 Å². The molecule has 0 bridgehead atoms. The first-order valence-corrected chi connectivity index (χ1v) is 12.9. The molecule has 0 saturated carbocycles. The van der Waals surface area contributed by atoms with Crippen LogP contribution >= 0.6 is 0 Å². The Balaban J connectivity index is 1.33. The third-order valence-corrected chi connectivity index (χ3v) is 7.19. The van der Waals surface area contributed by atoms with E-state index in [-0.39, 0.29) is 22.8 Å². The number of rotatable bonds is 7. The molecule has 0 unspecified atom stereocenters. The minimum atomic E-state index is -1.24. The number of imide groups is 1. The largest absolute Gasteiger partial charge is 0.423 e. The molecule has 13 heteroatoms. The summed E-state index contributed by atoms with van der Waals surface area (Å²) in [6, 6.07) is 24.4. The summed E-state index contributed by atoms with van der Waals surface area (Å²) in [5.41, 5.74) is 1.08. The number of hydroxylamine groups is 1. The number of esters is 1. The SMILES string of the molecule is O=C(Oc1ccc([C@@H]2[C@H]3C(=O)N(c4ccc([N+](=O)[O-])cc4)C(=O)[C@H]3ON2c2ccc([N+](=O)[O-])cc2)cc1)c1ccccc1. The fourth-order valence-corrected chi connectivity index (χ4v) is 5.15. The summed E-state index contributed by atoms with van der Waals surface area (Å²) in [5.74, 6) is -2.59. The second-order valence-corrected chi connectivity index (χ2v) is 9.71. The van der Waals surface area contributed by atoms with Crippen LogP contribution in [-0.2, 0) is 14.4 Å². The maximum Gasteiger partial charge on any atom is 0.343 e. The number of amides is 2. The molecule has 2 amide bonds. The predicted molar refractivity (Wildman–Crippen MR) is 150 cm³/mol. The first-order valence-electron chi connectivity index (χ1n) is 12.9. The van der Waals surface area contributed by atoms with Crippen LogP contribution in [0.5, 0.6) is 5.75 Å². The number of fused-ring (bicyclic) bond motifs is 1. The van der Waals surface area contributed by atoms with E-state index >= 15 is 0 Å². The molecule has 2 aliphatic heterocycles. The number of hydrogen-bond acceptors (Lipinski definition) is 10. The summed E-state index contributed by atoms with van der Waals surface area (Å²) >= 11 is 0. The van der Waals surface area contributed by atoms with Gasteiger partial charge in [-0.15, -0.1) is 0 Å². The molecule has 13 nitrogen and oxygen atoms in total. The molecule has 2 aliphatic rings. The second kappa shape index (κ2) is 10.8. The van der Waals surface area contributed by atoms with E-state index in [0.717, 1.165) is 4.90 Å². The standard InChI is InChI=1S/C30H20N4O9/c35-28-25-26(18-6-16-24(17-7-18)42-30(37)19-4-2-1-3-5-19)32(21-10-14-23(15-11-21)34(40)41)43-27(25)29(36)31(28)20-8-12-22(13-9-20)33(38)39/h1-17,25-27H/t25-,26-,27+/m1/s1. The molecule has 4 aromatic carbocycles. The van der Waals surface area contributed by atoms with Gasteiger partial charge in [-0.1, -0.05) is 30.3 Å². The summed E-state index contributed by atoms with van der Waals surface area (Å²) in [6.07, 6.45) is -1.24. The summed E-state index contributed by atoms with van der Waals surface area (Å²) in [5, 5.41) is 23.6. The Morgan fingerprint density at radius 2 is 1.28 bits per heavy atom. The fourth-order valence-electron chi connectivity index (χ4n) is 5.15. The molecule has 3 atom stereocenters. The molecule has 6 rings (SSSR count). The molecule has 2 heterocycles. The van der Waals surface area contributed by atoms with Crippen molar-refractivity contribution in [1.82, 2.24) is 0 Å². The van der Waals surface area contributed by atoms with Crippen molar-refractivity contribution >= 4 is 40.5 Å². The molecule has 214 valence electrons. The van der Waals surface area contributed by atoms with Crippen molar-refractivity contribution in [3.8, 4) is 5.75 Å². The Morgan fingerprint density at radius 1 is 0.721 bits per heavy atom. The number of nitro benzene ring substituents is 2. The zero-order valence-electron chi connectivity index (χ0n) is 22.0. The lowest BCUT2D eigenvalue weighted by Crippen LogP contribution is -2.37. The van der Waals surface area contributed by atoms with Crippen LogP contribution in [0, 0.1) is 26.1 Å². The zero-order chi connectivity index (χ0) is 30.2. The van der Waals surface area contributed by atoms with Gasteiger partial charge in [0.2, 0.25) is 5.91 Å². The Hall–Kier alpha value is -5.95. The number of hydrogen-bond donors (Lipinski definition) is 0. The highest BCUT2D eigenvalue weighted by atomic mass is 16.7. The molecule has 0 spiro atoms. The quantitative estimate of drug-likeness (QED) is 0.0978. The molecule has 0 aliphatic carbocycles. The number of nitrogens with zero attached hydrogens (tertiary/aromatic N) is 4. The Kier molecular flexibility index (Phi) is 6.84. The van der Waals surface area contributed by atoms with Crippen LogP contribution in [0.15, 0.2) is 103 Å². The number of carbonyl (C=O) groups excluding carboxylic acids is 3. The number of anilines is 2. The highest BCUT2D eigenvalue weighted by Crippen LogP contribution is 2.48. The third-order valence-electron chi connectivity index (χ3n) is 7.19. The van der Waals surface area contributed by atoms with Gasteiger partial charge >= 0.3 is 5.97 Å². The Bertz CT molecular complexity index is 1740. The average Bonchev–Trinajstić information content (AvgIpc) is 3.53. The van der Waals surface area contributed by atoms with Crippen LogP contribution in [-0.4, -0.2) is 33.7 Å². The Labute approximate surface area is 242 Å². The van der Waals surface area contributed by atoms with Crippen molar-refractivity contribution in [2.75, 3.05) is 9.96 Å². The molecule has 43 heavy (non-hydrogen) atoms. The maximum atomic E-state index is 13.8. The van der Waals surface area contributed by atoms with Crippen molar-refractivity contribution in [1.29, 1.82) is 0 Å². The smallest absolute Gasteiger partial charge is 0.343 e. The zero-order valence-corrected chi connectivity index (χ0v) is 22.0. The van der Waals surface area contributed by atoms with Crippen LogP contribution in [0.2, 0.25) is 0 Å². The van der Waals surface area contributed by atoms with E-state index in [1.807, 2.05) is 0 Å². The number of ether oxygens (including phenoxy) is 1. The summed E-state index contributed by atoms with van der Waals surface area (Å²) in [7, 11) is 0. The van der Waals surface area contributed by atoms with Crippen LogP contribution in [0.4, 0.5) is 22.7 Å². The van der Waals surface area contributed by atoms with Gasteiger partial charge in [0.05, 0.1) is 32.8 Å². The van der Waals surface area contributed by atoms with Crippen LogP contribution in [0.3, 0.4) is 0 Å². The first kappa shape index (κ1) is 27.2. The average molecular weight is 581 g/mol. The minimum absolute atomic E-state index is 0.152. The van der Waals surface area contributed by atoms with Crippen molar-refractivity contribution in [3.63, 3.8) is 0 Å². The minimum Gasteiger partial charge on any atom is -0.423 e. The first-order chi connectivity index (χ1) is 20.7. The fraction of sp³-hybridized carbons (Fsp3) is 0.100. The van der Waals surface area contributed by atoms with Crippen molar-refractivity contribution < 1.29 is 33.8 Å². The molecule has 4 aromatic rings. The number of non-ortho nitro benzene ring substituents is 2. The van der Waals surface area contributed by atoms with Gasteiger partial charge in [-0.05, 0) is 54.1 Å². The summed E-state index contributed by atoms with van der Waals surface area (Å²) in [6.45, 7) is 0. The van der Waals surface area contributed by atoms with Crippen molar-refractivity contribution in [3.05, 3.63) is 134 Å². The third kappa shape index (κ3) is 4.93. The van der Waals surface area contributed by atoms with E-state index in [1.54, 1.807) is 54.6 Å². The van der Waals surface area contributed by atoms with Gasteiger partial charge in [-0.3, -0.25) is 34.7 Å². The number of benzene rings is 4. The predicted octanol–water partition coefficient (Wildman–Crippen LogP) is 4.77. The van der Waals surface area contributed by atoms with E-state index in [4.69, 9.17) is 9.57 Å². The van der Waals surface area contributed by atoms with E-state index in [0.29, 0.717) is 16.8 Å². The van der Waals surface area contributed by atoms with Crippen LogP contribution < -0.4 is 14.7 Å². The lowest BCUT2D eigenvalue weighted by Gasteiger charge is -2.28. The summed E-state index contributed by atoms with van der Waals surface area (Å²) in [4.78, 5) is 67.9. The lowest BCUT2D eigenvalue weighted by atomic mass is 9.90. The van der Waals surface area contributed by atoms with Crippen LogP contribution in [0.25, 0.3) is 0 Å². The van der Waals surface area contributed by atoms with E-state index < -0.39 is 45.7 Å². The molecule has 0 N–H and O–H groups in total. The van der Waals surface area contributed by atoms with Gasteiger partial charge in [-0.25, -0.2) is 14.8 Å². The number of carbonyl (C=O) groups is 3. The van der Waals surface area contributed by atoms with Gasteiger partial charge in [-0.2, -0.15) is 0 Å². The Morgan fingerprint density at radius 3 is 1.84 bits per heavy atom. The highest BCUT2D eigenvalue weighted by molar-refractivity contribution is 6.24. The van der Waals surface area contributed by atoms with Gasteiger partial charge in [0.15, 0.2) is 6.10 Å². The van der Waals surface area contributed by atoms with E-state index in [1.165, 1.54) is 53.6 Å². The maximum absolute atomic E-state index is 13.8. The van der Waals surface area contributed by atoms with Crippen LogP contribution in [0.1, 0.15) is 22.0 Å². The molecule has 0 aromatic heterocycles. The monoisotopic (exact) mass is 580 g/mol. The molecule has 0 radical (unpaired) electrons. The molecule has 2 saturated heterocycles. The molecular weight excluding hydrogens is 560 g/mol. The molecular formula is C30H20N4O9. The topological polar surface area (TPSA) is 162 Å². The van der Waals surface area contributed by atoms with Gasteiger partial charge < -0.3 is 4.74 Å². The normalized spacial score (nSPS) is 19.3. The van der Waals surface area contributed by atoms with Gasteiger partial charge in [0.1, 0.15) is 11.7 Å².